The molecule has 0 saturated carbocycles. The van der Waals surface area contributed by atoms with Crippen molar-refractivity contribution >= 4 is 0 Å². The van der Waals surface area contributed by atoms with Crippen molar-refractivity contribution in [2.75, 3.05) is 26.2 Å². The first-order valence-electron chi connectivity index (χ1n) is 8.20. The molecule has 1 aromatic heterocycles. The highest BCUT2D eigenvalue weighted by Gasteiger charge is 2.27. The van der Waals surface area contributed by atoms with Crippen molar-refractivity contribution in [2.24, 2.45) is 0 Å². The van der Waals surface area contributed by atoms with Crippen LogP contribution in [0, 0.1) is 0 Å². The third-order valence-corrected chi connectivity index (χ3v) is 4.27. The average molecular weight is 295 g/mol. The van der Waals surface area contributed by atoms with E-state index in [0.717, 1.165) is 38.2 Å². The first kappa shape index (κ1) is 16.5. The summed E-state index contributed by atoms with van der Waals surface area (Å²) >= 11 is 0. The Hall–Kier alpha value is -0.910. The van der Waals surface area contributed by atoms with Crippen LogP contribution < -0.4 is 0 Å². The SMILES string of the molecule is CCCN1CCOC(C(O)Cc2ccn(C(C)CC)n2)C1. The van der Waals surface area contributed by atoms with Crippen molar-refractivity contribution in [3.8, 4) is 0 Å². The highest BCUT2D eigenvalue weighted by Crippen LogP contribution is 2.15. The lowest BCUT2D eigenvalue weighted by Crippen LogP contribution is -2.48. The van der Waals surface area contributed by atoms with Crippen LogP contribution in [0.15, 0.2) is 12.3 Å². The normalized spacial score (nSPS) is 23.1. The second kappa shape index (κ2) is 7.92. The Morgan fingerprint density at radius 3 is 3.00 bits per heavy atom. The molecule has 0 aromatic carbocycles. The molecule has 1 saturated heterocycles. The van der Waals surface area contributed by atoms with Gasteiger partial charge in [-0.25, -0.2) is 0 Å². The van der Waals surface area contributed by atoms with Gasteiger partial charge < -0.3 is 9.84 Å². The zero-order chi connectivity index (χ0) is 15.2. The molecule has 1 N–H and O–H groups in total. The zero-order valence-electron chi connectivity index (χ0n) is 13.5. The highest BCUT2D eigenvalue weighted by atomic mass is 16.5. The molecule has 1 aliphatic heterocycles. The number of ether oxygens (including phenoxy) is 1. The Balaban J connectivity index is 1.88. The van der Waals surface area contributed by atoms with Crippen LogP contribution in [0.4, 0.5) is 0 Å². The lowest BCUT2D eigenvalue weighted by molar-refractivity contribution is -0.0879. The Morgan fingerprint density at radius 2 is 2.29 bits per heavy atom. The van der Waals surface area contributed by atoms with Crippen LogP contribution >= 0.6 is 0 Å². The molecule has 0 aliphatic carbocycles. The number of nitrogens with zero attached hydrogens (tertiary/aromatic N) is 3. The third-order valence-electron chi connectivity index (χ3n) is 4.27. The van der Waals surface area contributed by atoms with Crippen LogP contribution in [0.3, 0.4) is 0 Å². The van der Waals surface area contributed by atoms with Gasteiger partial charge in [0.05, 0.1) is 24.5 Å². The first-order valence-corrected chi connectivity index (χ1v) is 8.20. The molecule has 2 rings (SSSR count). The third kappa shape index (κ3) is 4.53. The van der Waals surface area contributed by atoms with E-state index < -0.39 is 6.10 Å². The monoisotopic (exact) mass is 295 g/mol. The van der Waals surface area contributed by atoms with E-state index in [4.69, 9.17) is 4.74 Å². The number of hydrogen-bond donors (Lipinski definition) is 1. The van der Waals surface area contributed by atoms with E-state index >= 15 is 0 Å². The van der Waals surface area contributed by atoms with Gasteiger partial charge in [-0.3, -0.25) is 9.58 Å². The summed E-state index contributed by atoms with van der Waals surface area (Å²) in [7, 11) is 0. The fourth-order valence-corrected chi connectivity index (χ4v) is 2.75. The summed E-state index contributed by atoms with van der Waals surface area (Å²) in [5.41, 5.74) is 0.944. The van der Waals surface area contributed by atoms with Crippen molar-refractivity contribution < 1.29 is 9.84 Å². The van der Waals surface area contributed by atoms with Crippen LogP contribution in [0.2, 0.25) is 0 Å². The van der Waals surface area contributed by atoms with E-state index in [9.17, 15) is 5.11 Å². The maximum Gasteiger partial charge on any atom is 0.0964 e. The number of aliphatic hydroxyl groups excluding tert-OH is 1. The van der Waals surface area contributed by atoms with Crippen LogP contribution in [-0.2, 0) is 11.2 Å². The van der Waals surface area contributed by atoms with Gasteiger partial charge in [0.25, 0.3) is 0 Å². The molecule has 5 heteroatoms. The molecular formula is C16H29N3O2. The molecular weight excluding hydrogens is 266 g/mol. The summed E-state index contributed by atoms with van der Waals surface area (Å²) in [5.74, 6) is 0. The minimum Gasteiger partial charge on any atom is -0.390 e. The van der Waals surface area contributed by atoms with Crippen molar-refractivity contribution in [2.45, 2.75) is 58.3 Å². The predicted molar refractivity (Wildman–Crippen MR) is 83.4 cm³/mol. The molecule has 3 unspecified atom stereocenters. The maximum absolute atomic E-state index is 10.4. The van der Waals surface area contributed by atoms with Crippen LogP contribution in [0.5, 0.6) is 0 Å². The molecule has 0 amide bonds. The van der Waals surface area contributed by atoms with Gasteiger partial charge in [0.15, 0.2) is 0 Å². The van der Waals surface area contributed by atoms with Gasteiger partial charge in [-0.05, 0) is 32.4 Å². The second-order valence-electron chi connectivity index (χ2n) is 6.03. The van der Waals surface area contributed by atoms with E-state index in [1.807, 2.05) is 16.9 Å². The molecule has 120 valence electrons. The van der Waals surface area contributed by atoms with Crippen molar-refractivity contribution in [1.29, 1.82) is 0 Å². The van der Waals surface area contributed by atoms with E-state index in [-0.39, 0.29) is 6.10 Å². The Labute approximate surface area is 127 Å². The summed E-state index contributed by atoms with van der Waals surface area (Å²) in [5, 5.41) is 15.0. The topological polar surface area (TPSA) is 50.5 Å². The molecule has 0 spiro atoms. The molecule has 21 heavy (non-hydrogen) atoms. The number of rotatable bonds is 7. The van der Waals surface area contributed by atoms with E-state index in [2.05, 4.69) is 30.8 Å². The molecule has 0 bridgehead atoms. The van der Waals surface area contributed by atoms with Crippen molar-refractivity contribution in [3.63, 3.8) is 0 Å². The van der Waals surface area contributed by atoms with Gasteiger partial charge in [-0.2, -0.15) is 5.10 Å². The Morgan fingerprint density at radius 1 is 1.48 bits per heavy atom. The van der Waals surface area contributed by atoms with Crippen molar-refractivity contribution in [1.82, 2.24) is 14.7 Å². The smallest absolute Gasteiger partial charge is 0.0964 e. The zero-order valence-corrected chi connectivity index (χ0v) is 13.5. The molecule has 1 fully saturated rings. The highest BCUT2D eigenvalue weighted by molar-refractivity contribution is 5.02. The summed E-state index contributed by atoms with van der Waals surface area (Å²) in [6.07, 6.45) is 4.18. The van der Waals surface area contributed by atoms with Gasteiger partial charge in [0, 0.05) is 31.7 Å². The van der Waals surface area contributed by atoms with E-state index in [1.165, 1.54) is 0 Å². The van der Waals surface area contributed by atoms with Crippen LogP contribution in [-0.4, -0.2) is 58.2 Å². The average Bonchev–Trinajstić information content (AvgIpc) is 2.95. The molecule has 1 aliphatic rings. The first-order chi connectivity index (χ1) is 10.1. The Kier molecular flexibility index (Phi) is 6.21. The number of aromatic nitrogens is 2. The quantitative estimate of drug-likeness (QED) is 0.834. The second-order valence-corrected chi connectivity index (χ2v) is 6.03. The van der Waals surface area contributed by atoms with Gasteiger partial charge in [-0.1, -0.05) is 13.8 Å². The molecule has 3 atom stereocenters. The predicted octanol–water partition coefficient (Wildman–Crippen LogP) is 1.87. The Bertz CT molecular complexity index is 419. The van der Waals surface area contributed by atoms with Gasteiger partial charge in [0.2, 0.25) is 0 Å². The molecule has 2 heterocycles. The van der Waals surface area contributed by atoms with E-state index in [0.29, 0.717) is 19.1 Å². The van der Waals surface area contributed by atoms with Crippen molar-refractivity contribution in [3.05, 3.63) is 18.0 Å². The lowest BCUT2D eigenvalue weighted by atomic mass is 10.1. The summed E-state index contributed by atoms with van der Waals surface area (Å²) < 4.78 is 7.72. The van der Waals surface area contributed by atoms with Gasteiger partial charge >= 0.3 is 0 Å². The fourth-order valence-electron chi connectivity index (χ4n) is 2.75. The van der Waals surface area contributed by atoms with Crippen LogP contribution in [0.1, 0.15) is 45.3 Å². The molecule has 0 radical (unpaired) electrons. The maximum atomic E-state index is 10.4. The van der Waals surface area contributed by atoms with Gasteiger partial charge in [-0.15, -0.1) is 0 Å². The van der Waals surface area contributed by atoms with Gasteiger partial charge in [0.1, 0.15) is 0 Å². The lowest BCUT2D eigenvalue weighted by Gasteiger charge is -2.34. The summed E-state index contributed by atoms with van der Waals surface area (Å²) in [6.45, 7) is 10.1. The molecule has 5 nitrogen and oxygen atoms in total. The van der Waals surface area contributed by atoms with E-state index in [1.54, 1.807) is 0 Å². The van der Waals surface area contributed by atoms with Crippen LogP contribution in [0.25, 0.3) is 0 Å². The minimum atomic E-state index is -0.482. The minimum absolute atomic E-state index is 0.0981. The largest absolute Gasteiger partial charge is 0.390 e. The standard InChI is InChI=1S/C16H29N3O2/c1-4-7-18-9-10-21-16(12-18)15(20)11-14-6-8-19(17-14)13(3)5-2/h6,8,13,15-16,20H,4-5,7,9-12H2,1-3H3. The molecule has 1 aromatic rings. The number of hydrogen-bond acceptors (Lipinski definition) is 4. The summed E-state index contributed by atoms with van der Waals surface area (Å²) in [6, 6.07) is 2.41. The number of morpholine rings is 1. The summed E-state index contributed by atoms with van der Waals surface area (Å²) in [4.78, 5) is 2.37. The number of aliphatic hydroxyl groups is 1. The fraction of sp³-hybridized carbons (Fsp3) is 0.812.